The zero-order chi connectivity index (χ0) is 27.8. The number of aryl methyl sites for hydroxylation is 1. The number of aliphatic carboxylic acids is 1. The van der Waals surface area contributed by atoms with E-state index in [1.165, 1.54) is 25.4 Å². The number of fused-ring (bicyclic) bond motifs is 1. The van der Waals surface area contributed by atoms with Gasteiger partial charge in [0.25, 0.3) is 0 Å². The van der Waals surface area contributed by atoms with Crippen LogP contribution in [0.25, 0.3) is 16.9 Å². The highest BCUT2D eigenvalue weighted by Crippen LogP contribution is 2.32. The second kappa shape index (κ2) is 13.0. The number of anilines is 3. The van der Waals surface area contributed by atoms with E-state index in [4.69, 9.17) is 14.6 Å². The summed E-state index contributed by atoms with van der Waals surface area (Å²) >= 11 is 0. The first-order valence-electron chi connectivity index (χ1n) is 12.4. The van der Waals surface area contributed by atoms with Crippen LogP contribution in [0.15, 0.2) is 48.9 Å². The number of carbonyl (C=O) groups is 1. The average Bonchev–Trinajstić information content (AvgIpc) is 3.37. The number of hydrogen-bond donors (Lipinski definition) is 4. The molecule has 0 aliphatic carbocycles. The third kappa shape index (κ3) is 6.59. The molecule has 0 aliphatic rings. The van der Waals surface area contributed by atoms with Gasteiger partial charge >= 0.3 is 5.97 Å². The molecule has 2 heterocycles. The van der Waals surface area contributed by atoms with Crippen LogP contribution < -0.4 is 20.7 Å². The van der Waals surface area contributed by atoms with Crippen LogP contribution in [0.4, 0.5) is 26.0 Å². The predicted molar refractivity (Wildman–Crippen MR) is 144 cm³/mol. The van der Waals surface area contributed by atoms with Crippen LogP contribution in [-0.4, -0.2) is 65.4 Å². The molecule has 0 saturated heterocycles. The van der Waals surface area contributed by atoms with Gasteiger partial charge in [0.2, 0.25) is 5.82 Å². The summed E-state index contributed by atoms with van der Waals surface area (Å²) in [6.45, 7) is 3.93. The van der Waals surface area contributed by atoms with Crippen molar-refractivity contribution in [3.8, 4) is 17.0 Å². The number of methoxy groups -OCH3 is 1. The normalized spacial score (nSPS) is 11.1. The Morgan fingerprint density at radius 2 is 1.92 bits per heavy atom. The van der Waals surface area contributed by atoms with Crippen molar-refractivity contribution in [1.82, 2.24) is 19.7 Å². The first-order valence-corrected chi connectivity index (χ1v) is 12.4. The molecule has 0 fully saturated rings. The standard InChI is InChI=1S/C27H30F2N6O4/c1-3-17-14-18(4-6-20(17)31-10-13-39-12-9-30-16-23(36)37)34-26-27-33-15-21(35(27)11-8-32-26)19-5-7-22(38-2)25(29)24(19)28/h4-8,11,14-15,30-31H,3,9-10,12-13,16H2,1-2H3,(H,32,34)(H,36,37). The summed E-state index contributed by atoms with van der Waals surface area (Å²) in [6.07, 6.45) is 5.46. The Morgan fingerprint density at radius 1 is 1.10 bits per heavy atom. The quantitative estimate of drug-likeness (QED) is 0.175. The SMILES string of the molecule is CCc1cc(Nc2nccn3c(-c4ccc(OC)c(F)c4F)cnc23)ccc1NCCOCCNCC(=O)O. The van der Waals surface area contributed by atoms with Crippen LogP contribution in [0, 0.1) is 11.6 Å². The minimum absolute atomic E-state index is 0.0575. The Balaban J connectivity index is 1.43. The van der Waals surface area contributed by atoms with E-state index >= 15 is 0 Å². The molecule has 39 heavy (non-hydrogen) atoms. The number of nitrogens with zero attached hydrogens (tertiary/aromatic N) is 3. The second-order valence-electron chi connectivity index (χ2n) is 8.52. The summed E-state index contributed by atoms with van der Waals surface area (Å²) < 4.78 is 41.1. The number of carboxylic acids is 1. The summed E-state index contributed by atoms with van der Waals surface area (Å²) in [4.78, 5) is 19.3. The minimum Gasteiger partial charge on any atom is -0.494 e. The molecule has 2 aromatic heterocycles. The highest BCUT2D eigenvalue weighted by Gasteiger charge is 2.19. The number of halogens is 2. The number of ether oxygens (including phenoxy) is 2. The Hall–Kier alpha value is -4.29. The smallest absolute Gasteiger partial charge is 0.317 e. The molecule has 0 atom stereocenters. The van der Waals surface area contributed by atoms with Crippen molar-refractivity contribution in [2.24, 2.45) is 0 Å². The van der Waals surface area contributed by atoms with Crippen LogP contribution in [0.3, 0.4) is 0 Å². The molecule has 2 aromatic carbocycles. The minimum atomic E-state index is -1.06. The maximum Gasteiger partial charge on any atom is 0.317 e. The summed E-state index contributed by atoms with van der Waals surface area (Å²) in [6, 6.07) is 8.70. The molecule has 0 aliphatic heterocycles. The summed E-state index contributed by atoms with van der Waals surface area (Å²) in [5, 5.41) is 18.0. The Kier molecular flexibility index (Phi) is 9.23. The van der Waals surface area contributed by atoms with Crippen LogP contribution in [-0.2, 0) is 16.0 Å². The number of hydrogen-bond acceptors (Lipinski definition) is 8. The zero-order valence-corrected chi connectivity index (χ0v) is 21.6. The van der Waals surface area contributed by atoms with E-state index in [9.17, 15) is 13.6 Å². The van der Waals surface area contributed by atoms with Gasteiger partial charge in [0.1, 0.15) is 0 Å². The van der Waals surface area contributed by atoms with Gasteiger partial charge in [0.15, 0.2) is 23.0 Å². The van der Waals surface area contributed by atoms with Crippen molar-refractivity contribution in [1.29, 1.82) is 0 Å². The van der Waals surface area contributed by atoms with Gasteiger partial charge < -0.3 is 30.5 Å². The number of nitrogens with one attached hydrogen (secondary N) is 3. The number of benzene rings is 2. The molecule has 12 heteroatoms. The molecule has 4 aromatic rings. The molecule has 0 radical (unpaired) electrons. The van der Waals surface area contributed by atoms with E-state index in [1.807, 2.05) is 18.2 Å². The Bertz CT molecular complexity index is 1450. The summed E-state index contributed by atoms with van der Waals surface area (Å²) in [7, 11) is 1.28. The molecule has 0 unspecified atom stereocenters. The summed E-state index contributed by atoms with van der Waals surface area (Å²) in [5.41, 5.74) is 3.74. The van der Waals surface area contributed by atoms with Gasteiger partial charge in [0, 0.05) is 42.4 Å². The van der Waals surface area contributed by atoms with E-state index in [0.29, 0.717) is 43.5 Å². The van der Waals surface area contributed by atoms with E-state index in [-0.39, 0.29) is 17.9 Å². The largest absolute Gasteiger partial charge is 0.494 e. The maximum absolute atomic E-state index is 14.8. The van der Waals surface area contributed by atoms with Gasteiger partial charge in [-0.2, -0.15) is 4.39 Å². The monoisotopic (exact) mass is 540 g/mol. The fraction of sp³-hybridized carbons (Fsp3) is 0.296. The van der Waals surface area contributed by atoms with Gasteiger partial charge in [-0.3, -0.25) is 9.20 Å². The maximum atomic E-state index is 14.8. The van der Waals surface area contributed by atoms with Crippen molar-refractivity contribution in [2.45, 2.75) is 13.3 Å². The third-order valence-electron chi connectivity index (χ3n) is 5.98. The molecule has 10 nitrogen and oxygen atoms in total. The number of rotatable bonds is 14. The molecule has 0 amide bonds. The fourth-order valence-electron chi connectivity index (χ4n) is 4.07. The fourth-order valence-corrected chi connectivity index (χ4v) is 4.07. The van der Waals surface area contributed by atoms with Crippen LogP contribution >= 0.6 is 0 Å². The van der Waals surface area contributed by atoms with Gasteiger partial charge in [-0.05, 0) is 42.3 Å². The first-order chi connectivity index (χ1) is 18.9. The van der Waals surface area contributed by atoms with E-state index in [2.05, 4.69) is 32.8 Å². The van der Waals surface area contributed by atoms with Crippen LogP contribution in [0.1, 0.15) is 12.5 Å². The highest BCUT2D eigenvalue weighted by atomic mass is 19.2. The lowest BCUT2D eigenvalue weighted by Crippen LogP contribution is -2.26. The molecule has 0 bridgehead atoms. The topological polar surface area (TPSA) is 122 Å². The highest BCUT2D eigenvalue weighted by molar-refractivity contribution is 5.75. The number of aromatic nitrogens is 3. The van der Waals surface area contributed by atoms with Crippen molar-refractivity contribution >= 4 is 28.8 Å². The zero-order valence-electron chi connectivity index (χ0n) is 21.6. The summed E-state index contributed by atoms with van der Waals surface area (Å²) in [5.74, 6) is -2.68. The van der Waals surface area contributed by atoms with E-state index < -0.39 is 17.6 Å². The molecular formula is C27H30F2N6O4. The van der Waals surface area contributed by atoms with Crippen molar-refractivity contribution < 1.29 is 28.2 Å². The lowest BCUT2D eigenvalue weighted by atomic mass is 10.1. The van der Waals surface area contributed by atoms with Crippen molar-refractivity contribution in [3.63, 3.8) is 0 Å². The first kappa shape index (κ1) is 27.7. The lowest BCUT2D eigenvalue weighted by molar-refractivity contribution is -0.136. The van der Waals surface area contributed by atoms with E-state index in [1.54, 1.807) is 16.8 Å². The van der Waals surface area contributed by atoms with Gasteiger partial charge in [0.05, 0.1) is 38.8 Å². The number of imidazole rings is 1. The van der Waals surface area contributed by atoms with Crippen LogP contribution in [0.2, 0.25) is 0 Å². The number of carboxylic acid groups (broad SMARTS) is 1. The van der Waals surface area contributed by atoms with Crippen molar-refractivity contribution in [3.05, 3.63) is 66.1 Å². The Labute approximate surface area is 224 Å². The predicted octanol–water partition coefficient (Wildman–Crippen LogP) is 4.09. The molecule has 4 rings (SSSR count). The van der Waals surface area contributed by atoms with E-state index in [0.717, 1.165) is 23.4 Å². The average molecular weight is 541 g/mol. The van der Waals surface area contributed by atoms with Crippen LogP contribution in [0.5, 0.6) is 5.75 Å². The third-order valence-corrected chi connectivity index (χ3v) is 5.98. The molecule has 4 N–H and O–H groups in total. The van der Waals surface area contributed by atoms with Gasteiger partial charge in [-0.15, -0.1) is 0 Å². The van der Waals surface area contributed by atoms with Crippen molar-refractivity contribution in [2.75, 3.05) is 50.6 Å². The molecule has 0 saturated carbocycles. The molecular weight excluding hydrogens is 510 g/mol. The van der Waals surface area contributed by atoms with Gasteiger partial charge in [-0.1, -0.05) is 6.92 Å². The molecule has 0 spiro atoms. The molecule has 206 valence electrons. The second-order valence-corrected chi connectivity index (χ2v) is 8.52. The Morgan fingerprint density at radius 3 is 2.69 bits per heavy atom. The lowest BCUT2D eigenvalue weighted by Gasteiger charge is -2.14. The van der Waals surface area contributed by atoms with Gasteiger partial charge in [-0.25, -0.2) is 14.4 Å².